The number of thioether (sulfide) groups is 1. The summed E-state index contributed by atoms with van der Waals surface area (Å²) in [4.78, 5) is 39.1. The summed E-state index contributed by atoms with van der Waals surface area (Å²) in [6.45, 7) is 5.99. The molecule has 0 unspecified atom stereocenters. The number of ether oxygens (including phenoxy) is 4. The summed E-state index contributed by atoms with van der Waals surface area (Å²) in [7, 11) is 0. The van der Waals surface area contributed by atoms with Gasteiger partial charge in [-0.25, -0.2) is 0 Å². The highest BCUT2D eigenvalue weighted by Crippen LogP contribution is 2.40. The Morgan fingerprint density at radius 2 is 1.79 bits per heavy atom. The van der Waals surface area contributed by atoms with Gasteiger partial charge in [0.1, 0.15) is 17.6 Å². The van der Waals surface area contributed by atoms with E-state index >= 15 is 0 Å². The normalized spacial score (nSPS) is 29.1. The van der Waals surface area contributed by atoms with Gasteiger partial charge in [-0.3, -0.25) is 19.4 Å². The lowest BCUT2D eigenvalue weighted by Gasteiger charge is -2.41. The van der Waals surface area contributed by atoms with Gasteiger partial charge in [0.25, 0.3) is 0 Å². The van der Waals surface area contributed by atoms with Crippen molar-refractivity contribution in [2.45, 2.75) is 76.7 Å². The number of hydrogen-bond acceptors (Lipinski definition) is 9. The number of nitrogens with zero attached hydrogens (tertiary/aromatic N) is 1. The van der Waals surface area contributed by atoms with Gasteiger partial charge in [0.2, 0.25) is 0 Å². The summed E-state index contributed by atoms with van der Waals surface area (Å²) in [5.74, 6) is -1.40. The summed E-state index contributed by atoms with van der Waals surface area (Å²) in [6, 6.07) is -0.455. The number of aliphatic imine (C=N–C) groups is 1. The molecule has 8 nitrogen and oxygen atoms in total. The Labute approximate surface area is 169 Å². The van der Waals surface area contributed by atoms with Crippen molar-refractivity contribution in [1.82, 2.24) is 0 Å². The van der Waals surface area contributed by atoms with Crippen LogP contribution in [0.1, 0.15) is 47.0 Å². The number of rotatable bonds is 8. The Morgan fingerprint density at radius 3 is 2.39 bits per heavy atom. The maximum atomic E-state index is 11.7. The van der Waals surface area contributed by atoms with Crippen LogP contribution in [0.25, 0.3) is 0 Å². The summed E-state index contributed by atoms with van der Waals surface area (Å²) in [6.07, 6.45) is 3.80. The molecule has 0 radical (unpaired) electrons. The Hall–Kier alpha value is -1.87. The van der Waals surface area contributed by atoms with E-state index in [1.54, 1.807) is 0 Å². The fourth-order valence-corrected chi connectivity index (χ4v) is 4.40. The Balaban J connectivity index is 2.20. The standard InChI is InChI=1S/C19H27NO7S/c1-5-6-7-8-15-20-16-18(26-13(4)23)17(25-12(3)22)14(27-19(16)28-15)9-10-24-11(2)21/h5-6,14,16-19H,7-10H2,1-4H3/t14-,16-,17+,18-,19-/m1/s1. The molecule has 1 saturated heterocycles. The maximum Gasteiger partial charge on any atom is 0.303 e. The topological polar surface area (TPSA) is 100 Å². The highest BCUT2D eigenvalue weighted by atomic mass is 32.2. The van der Waals surface area contributed by atoms with Crippen LogP contribution < -0.4 is 0 Å². The molecule has 0 aromatic rings. The van der Waals surface area contributed by atoms with E-state index < -0.39 is 42.3 Å². The second-order valence-corrected chi connectivity index (χ2v) is 7.73. The first kappa shape index (κ1) is 22.4. The van der Waals surface area contributed by atoms with Gasteiger partial charge in [-0.2, -0.15) is 0 Å². The SMILES string of the molecule is CC=CCCC1=N[C@@H]2[C@@H](OC(C)=O)[C@@H](OC(C)=O)[C@@H](CCOC(C)=O)O[C@@H]2S1. The van der Waals surface area contributed by atoms with Crippen LogP contribution in [0.2, 0.25) is 0 Å². The molecule has 28 heavy (non-hydrogen) atoms. The van der Waals surface area contributed by atoms with E-state index in [9.17, 15) is 14.4 Å². The monoisotopic (exact) mass is 413 g/mol. The van der Waals surface area contributed by atoms with E-state index in [2.05, 4.69) is 11.1 Å². The zero-order chi connectivity index (χ0) is 20.7. The molecule has 1 fully saturated rings. The average molecular weight is 413 g/mol. The second kappa shape index (κ2) is 10.6. The van der Waals surface area contributed by atoms with Crippen LogP contribution >= 0.6 is 11.8 Å². The van der Waals surface area contributed by atoms with Crippen molar-refractivity contribution >= 4 is 34.7 Å². The van der Waals surface area contributed by atoms with Crippen LogP contribution in [0.3, 0.4) is 0 Å². The molecule has 0 aromatic heterocycles. The van der Waals surface area contributed by atoms with E-state index in [-0.39, 0.29) is 12.0 Å². The number of carbonyl (C=O) groups excluding carboxylic acids is 3. The number of esters is 3. The molecule has 156 valence electrons. The molecule has 0 aliphatic carbocycles. The number of fused-ring (bicyclic) bond motifs is 1. The van der Waals surface area contributed by atoms with Crippen molar-refractivity contribution in [2.24, 2.45) is 4.99 Å². The van der Waals surface area contributed by atoms with Crippen LogP contribution in [-0.2, 0) is 33.3 Å². The van der Waals surface area contributed by atoms with Gasteiger partial charge >= 0.3 is 17.9 Å². The van der Waals surface area contributed by atoms with Crippen LogP contribution in [0.5, 0.6) is 0 Å². The molecule has 0 N–H and O–H groups in total. The minimum Gasteiger partial charge on any atom is -0.466 e. The first-order chi connectivity index (χ1) is 13.3. The Kier molecular flexibility index (Phi) is 8.50. The van der Waals surface area contributed by atoms with Gasteiger partial charge in [-0.15, -0.1) is 0 Å². The molecule has 9 heteroatoms. The van der Waals surface area contributed by atoms with Gasteiger partial charge in [0.15, 0.2) is 12.2 Å². The van der Waals surface area contributed by atoms with Crippen LogP contribution in [-0.4, -0.2) is 59.3 Å². The van der Waals surface area contributed by atoms with Gasteiger partial charge in [0, 0.05) is 27.2 Å². The van der Waals surface area contributed by atoms with Crippen molar-refractivity contribution in [3.05, 3.63) is 12.2 Å². The first-order valence-electron chi connectivity index (χ1n) is 9.29. The number of carbonyl (C=O) groups is 3. The molecule has 5 atom stereocenters. The van der Waals surface area contributed by atoms with Crippen LogP contribution in [0.4, 0.5) is 0 Å². The lowest BCUT2D eigenvalue weighted by atomic mass is 9.95. The quantitative estimate of drug-likeness (QED) is 0.340. The van der Waals surface area contributed by atoms with Crippen LogP contribution in [0, 0.1) is 0 Å². The minimum atomic E-state index is -0.822. The zero-order valence-electron chi connectivity index (χ0n) is 16.6. The predicted molar refractivity (Wildman–Crippen MR) is 104 cm³/mol. The summed E-state index contributed by atoms with van der Waals surface area (Å²) in [5, 5.41) is 0.910. The van der Waals surface area contributed by atoms with Gasteiger partial charge in [-0.1, -0.05) is 23.9 Å². The largest absolute Gasteiger partial charge is 0.466 e. The van der Waals surface area contributed by atoms with E-state index in [4.69, 9.17) is 18.9 Å². The lowest BCUT2D eigenvalue weighted by molar-refractivity contribution is -0.202. The molecule has 0 amide bonds. The van der Waals surface area contributed by atoms with Gasteiger partial charge in [-0.05, 0) is 19.8 Å². The molecule has 2 aliphatic heterocycles. The van der Waals surface area contributed by atoms with E-state index in [1.807, 2.05) is 13.0 Å². The number of allylic oxidation sites excluding steroid dienone is 2. The van der Waals surface area contributed by atoms with Gasteiger partial charge < -0.3 is 18.9 Å². The van der Waals surface area contributed by atoms with Crippen molar-refractivity contribution in [3.63, 3.8) is 0 Å². The first-order valence-corrected chi connectivity index (χ1v) is 10.2. The van der Waals surface area contributed by atoms with E-state index in [1.165, 1.54) is 32.5 Å². The van der Waals surface area contributed by atoms with Crippen molar-refractivity contribution in [2.75, 3.05) is 6.61 Å². The third-order valence-electron chi connectivity index (χ3n) is 4.23. The molecule has 2 heterocycles. The number of hydrogen-bond donors (Lipinski definition) is 0. The van der Waals surface area contributed by atoms with E-state index in [0.29, 0.717) is 6.42 Å². The zero-order valence-corrected chi connectivity index (χ0v) is 17.4. The highest BCUT2D eigenvalue weighted by molar-refractivity contribution is 8.14. The molecule has 0 spiro atoms. The third kappa shape index (κ3) is 6.34. The lowest BCUT2D eigenvalue weighted by Crippen LogP contribution is -2.57. The summed E-state index contributed by atoms with van der Waals surface area (Å²) < 4.78 is 22.1. The highest BCUT2D eigenvalue weighted by Gasteiger charge is 2.52. The predicted octanol–water partition coefficient (Wildman–Crippen LogP) is 2.40. The minimum absolute atomic E-state index is 0.113. The van der Waals surface area contributed by atoms with Crippen molar-refractivity contribution in [3.8, 4) is 0 Å². The molecular formula is C19H27NO7S. The Bertz CT molecular complexity index is 648. The summed E-state index contributed by atoms with van der Waals surface area (Å²) in [5.41, 5.74) is -0.348. The third-order valence-corrected chi connectivity index (χ3v) is 5.44. The molecule has 0 aromatic carbocycles. The average Bonchev–Trinajstić information content (AvgIpc) is 2.99. The fourth-order valence-electron chi connectivity index (χ4n) is 3.16. The molecular weight excluding hydrogens is 386 g/mol. The van der Waals surface area contributed by atoms with Gasteiger partial charge in [0.05, 0.1) is 11.7 Å². The molecule has 0 saturated carbocycles. The maximum absolute atomic E-state index is 11.7. The van der Waals surface area contributed by atoms with Crippen LogP contribution in [0.15, 0.2) is 17.1 Å². The molecule has 2 rings (SSSR count). The second-order valence-electron chi connectivity index (χ2n) is 6.56. The van der Waals surface area contributed by atoms with E-state index in [0.717, 1.165) is 17.9 Å². The molecule has 0 bridgehead atoms. The molecule has 2 aliphatic rings. The Morgan fingerprint density at radius 1 is 1.11 bits per heavy atom. The van der Waals surface area contributed by atoms with Crippen molar-refractivity contribution < 1.29 is 33.3 Å². The smallest absolute Gasteiger partial charge is 0.303 e. The summed E-state index contributed by atoms with van der Waals surface area (Å²) >= 11 is 1.49. The van der Waals surface area contributed by atoms with Crippen molar-refractivity contribution in [1.29, 1.82) is 0 Å². The fraction of sp³-hybridized carbons (Fsp3) is 0.684.